The van der Waals surface area contributed by atoms with Crippen molar-refractivity contribution in [1.29, 1.82) is 0 Å². The third-order valence-corrected chi connectivity index (χ3v) is 13.8. The van der Waals surface area contributed by atoms with Gasteiger partial charge in [0.25, 0.3) is 0 Å². The standard InChI is InChI=1S/C66H118O6/c1-4-7-10-13-16-19-21-23-25-26-27-28-29-30-31-32-33-34-35-36-37-38-39-40-42-43-45-47-50-53-56-59-65(68)71-62-63(61-70-64(67)58-55-52-49-18-15-12-9-6-3)72-66(69)60-57-54-51-48-46-44-41-24-22-20-17-14-11-8-5-2/h7,10,16,19,23-25,27-28,41,63H,4-6,8-9,11-15,17-18,20-22,26,29-40,42-62H2,1-3H3/b10-7-,19-16-,25-23-,28-27-,41-24-. The van der Waals surface area contributed by atoms with E-state index in [1.54, 1.807) is 0 Å². The van der Waals surface area contributed by atoms with E-state index >= 15 is 0 Å². The lowest BCUT2D eigenvalue weighted by molar-refractivity contribution is -0.167. The lowest BCUT2D eigenvalue weighted by atomic mass is 10.0. The highest BCUT2D eigenvalue weighted by Gasteiger charge is 2.19. The fourth-order valence-electron chi connectivity index (χ4n) is 9.08. The summed E-state index contributed by atoms with van der Waals surface area (Å²) in [6.45, 7) is 6.52. The average Bonchev–Trinajstić information content (AvgIpc) is 3.38. The molecule has 1 unspecified atom stereocenters. The second-order valence-corrected chi connectivity index (χ2v) is 20.9. The van der Waals surface area contributed by atoms with E-state index in [-0.39, 0.29) is 31.1 Å². The highest BCUT2D eigenvalue weighted by molar-refractivity contribution is 5.71. The molecule has 0 aliphatic carbocycles. The molecule has 0 saturated carbocycles. The molecular formula is C66H118O6. The summed E-state index contributed by atoms with van der Waals surface area (Å²) in [5.74, 6) is -0.870. The molecule has 0 fully saturated rings. The zero-order valence-corrected chi connectivity index (χ0v) is 47.9. The molecule has 0 N–H and O–H groups in total. The van der Waals surface area contributed by atoms with Gasteiger partial charge in [-0.15, -0.1) is 0 Å². The van der Waals surface area contributed by atoms with E-state index in [0.29, 0.717) is 19.3 Å². The van der Waals surface area contributed by atoms with Crippen LogP contribution in [-0.4, -0.2) is 37.2 Å². The highest BCUT2D eigenvalue weighted by Crippen LogP contribution is 2.17. The molecule has 0 aliphatic rings. The van der Waals surface area contributed by atoms with E-state index in [9.17, 15) is 14.4 Å². The van der Waals surface area contributed by atoms with E-state index in [2.05, 4.69) is 81.5 Å². The summed E-state index contributed by atoms with van der Waals surface area (Å²) in [5, 5.41) is 0. The molecule has 0 saturated heterocycles. The van der Waals surface area contributed by atoms with Gasteiger partial charge in [-0.2, -0.15) is 0 Å². The van der Waals surface area contributed by atoms with Crippen molar-refractivity contribution in [2.75, 3.05) is 13.2 Å². The van der Waals surface area contributed by atoms with Crippen LogP contribution >= 0.6 is 0 Å². The van der Waals surface area contributed by atoms with Gasteiger partial charge >= 0.3 is 17.9 Å². The lowest BCUT2D eigenvalue weighted by Gasteiger charge is -2.18. The van der Waals surface area contributed by atoms with E-state index in [1.807, 2.05) is 0 Å². The van der Waals surface area contributed by atoms with Crippen molar-refractivity contribution in [2.24, 2.45) is 0 Å². The summed E-state index contributed by atoms with van der Waals surface area (Å²) in [6, 6.07) is 0. The summed E-state index contributed by atoms with van der Waals surface area (Å²) in [6.07, 6.45) is 76.8. The molecule has 6 nitrogen and oxygen atoms in total. The van der Waals surface area contributed by atoms with Crippen LogP contribution in [0.3, 0.4) is 0 Å². The number of hydrogen-bond donors (Lipinski definition) is 0. The van der Waals surface area contributed by atoms with E-state index in [4.69, 9.17) is 14.2 Å². The Morgan fingerprint density at radius 3 is 0.861 bits per heavy atom. The first-order chi connectivity index (χ1) is 35.5. The molecule has 1 atom stereocenters. The van der Waals surface area contributed by atoms with Crippen molar-refractivity contribution >= 4 is 17.9 Å². The average molecular weight is 1010 g/mol. The van der Waals surface area contributed by atoms with Crippen LogP contribution in [0, 0.1) is 0 Å². The van der Waals surface area contributed by atoms with Crippen molar-refractivity contribution in [3.8, 4) is 0 Å². The predicted molar refractivity (Wildman–Crippen MR) is 312 cm³/mol. The number of allylic oxidation sites excluding steroid dienone is 10. The number of carbonyl (C=O) groups excluding carboxylic acids is 3. The van der Waals surface area contributed by atoms with Crippen LogP contribution in [0.5, 0.6) is 0 Å². The summed E-state index contributed by atoms with van der Waals surface area (Å²) in [5.41, 5.74) is 0. The van der Waals surface area contributed by atoms with Crippen LogP contribution in [0.15, 0.2) is 60.8 Å². The van der Waals surface area contributed by atoms with Crippen molar-refractivity contribution < 1.29 is 28.6 Å². The maximum atomic E-state index is 12.8. The number of esters is 3. The Morgan fingerprint density at radius 1 is 0.292 bits per heavy atom. The minimum absolute atomic E-state index is 0.0728. The number of hydrogen-bond acceptors (Lipinski definition) is 6. The van der Waals surface area contributed by atoms with Crippen LogP contribution in [0.1, 0.15) is 323 Å². The summed E-state index contributed by atoms with van der Waals surface area (Å²) < 4.78 is 16.8. The molecule has 0 aromatic heterocycles. The smallest absolute Gasteiger partial charge is 0.306 e. The van der Waals surface area contributed by atoms with Gasteiger partial charge < -0.3 is 14.2 Å². The molecule has 0 spiro atoms. The van der Waals surface area contributed by atoms with Gasteiger partial charge in [0.05, 0.1) is 0 Å². The van der Waals surface area contributed by atoms with E-state index < -0.39 is 6.10 Å². The zero-order chi connectivity index (χ0) is 52.2. The van der Waals surface area contributed by atoms with Gasteiger partial charge in [0.2, 0.25) is 0 Å². The Balaban J connectivity index is 4.04. The fourth-order valence-corrected chi connectivity index (χ4v) is 9.08. The molecule has 418 valence electrons. The molecule has 0 amide bonds. The Hall–Kier alpha value is -2.89. The first-order valence-electron chi connectivity index (χ1n) is 31.3. The van der Waals surface area contributed by atoms with Gasteiger partial charge in [-0.05, 0) is 83.5 Å². The summed E-state index contributed by atoms with van der Waals surface area (Å²) in [7, 11) is 0. The number of rotatable bonds is 57. The molecule has 0 aliphatic heterocycles. The molecule has 0 aromatic rings. The maximum absolute atomic E-state index is 12.8. The summed E-state index contributed by atoms with van der Waals surface area (Å²) >= 11 is 0. The predicted octanol–water partition coefficient (Wildman–Crippen LogP) is 21.2. The largest absolute Gasteiger partial charge is 0.462 e. The Bertz CT molecular complexity index is 1290. The first-order valence-corrected chi connectivity index (χ1v) is 31.3. The van der Waals surface area contributed by atoms with Crippen molar-refractivity contribution in [3.05, 3.63) is 60.8 Å². The molecular weight excluding hydrogens is 889 g/mol. The maximum Gasteiger partial charge on any atom is 0.306 e. The van der Waals surface area contributed by atoms with Gasteiger partial charge in [0.1, 0.15) is 13.2 Å². The van der Waals surface area contributed by atoms with Crippen LogP contribution in [-0.2, 0) is 28.6 Å². The highest BCUT2D eigenvalue weighted by atomic mass is 16.6. The Labute approximate surface area is 447 Å². The molecule has 0 bridgehead atoms. The molecule has 6 heteroatoms. The van der Waals surface area contributed by atoms with E-state index in [0.717, 1.165) is 89.9 Å². The number of ether oxygens (including phenoxy) is 3. The van der Waals surface area contributed by atoms with Crippen LogP contribution in [0.2, 0.25) is 0 Å². The van der Waals surface area contributed by atoms with Crippen molar-refractivity contribution in [1.82, 2.24) is 0 Å². The zero-order valence-electron chi connectivity index (χ0n) is 47.9. The minimum Gasteiger partial charge on any atom is -0.462 e. The molecule has 72 heavy (non-hydrogen) atoms. The van der Waals surface area contributed by atoms with Crippen molar-refractivity contribution in [2.45, 2.75) is 329 Å². The second-order valence-electron chi connectivity index (χ2n) is 20.9. The molecule has 0 rings (SSSR count). The first kappa shape index (κ1) is 69.1. The third-order valence-electron chi connectivity index (χ3n) is 13.8. The molecule has 0 heterocycles. The van der Waals surface area contributed by atoms with Crippen molar-refractivity contribution in [3.63, 3.8) is 0 Å². The Kier molecular flexibility index (Phi) is 58.2. The van der Waals surface area contributed by atoms with Gasteiger partial charge in [-0.1, -0.05) is 281 Å². The molecule has 0 radical (unpaired) electrons. The van der Waals surface area contributed by atoms with Crippen LogP contribution in [0.25, 0.3) is 0 Å². The number of carbonyl (C=O) groups is 3. The van der Waals surface area contributed by atoms with E-state index in [1.165, 1.54) is 193 Å². The number of unbranched alkanes of at least 4 members (excludes halogenated alkanes) is 36. The third kappa shape index (κ3) is 58.0. The monoisotopic (exact) mass is 1010 g/mol. The lowest BCUT2D eigenvalue weighted by Crippen LogP contribution is -2.30. The molecule has 0 aromatic carbocycles. The normalized spacial score (nSPS) is 12.4. The van der Waals surface area contributed by atoms with Crippen LogP contribution in [0.4, 0.5) is 0 Å². The Morgan fingerprint density at radius 2 is 0.542 bits per heavy atom. The topological polar surface area (TPSA) is 78.9 Å². The minimum atomic E-state index is -0.773. The van der Waals surface area contributed by atoms with Gasteiger partial charge in [0.15, 0.2) is 6.10 Å². The summed E-state index contributed by atoms with van der Waals surface area (Å²) in [4.78, 5) is 38.0. The van der Waals surface area contributed by atoms with Gasteiger partial charge in [-0.25, -0.2) is 0 Å². The fraction of sp³-hybridized carbons (Fsp3) is 0.803. The second kappa shape index (κ2) is 60.7. The van der Waals surface area contributed by atoms with Crippen LogP contribution < -0.4 is 0 Å². The van der Waals surface area contributed by atoms with Gasteiger partial charge in [0, 0.05) is 19.3 Å². The van der Waals surface area contributed by atoms with Gasteiger partial charge in [-0.3, -0.25) is 14.4 Å². The quantitative estimate of drug-likeness (QED) is 0.0261. The SMILES string of the molecule is CC/C=C\C/C=C\C/C=C\C/C=C\CCCCCCCCCCCCCCCCCCCCC(=O)OCC(COC(=O)CCCCCCCCCC)OC(=O)CCCCCCC/C=C\CCCCCCCC.